The van der Waals surface area contributed by atoms with Crippen LogP contribution in [-0.4, -0.2) is 138 Å². The van der Waals surface area contributed by atoms with Gasteiger partial charge in [-0.3, -0.25) is 49.8 Å². The van der Waals surface area contributed by atoms with E-state index >= 15 is 0 Å². The summed E-state index contributed by atoms with van der Waals surface area (Å²) >= 11 is 0. The lowest BCUT2D eigenvalue weighted by molar-refractivity contribution is 0.0675. The second-order valence-corrected chi connectivity index (χ2v) is 15.7. The maximum atomic E-state index is 10.3. The van der Waals surface area contributed by atoms with Crippen LogP contribution in [0.4, 0.5) is 0 Å². The lowest BCUT2D eigenvalue weighted by atomic mass is 10.1. The summed E-state index contributed by atoms with van der Waals surface area (Å²) in [6, 6.07) is 28.0. The van der Waals surface area contributed by atoms with E-state index in [0.717, 1.165) is 73.8 Å². The van der Waals surface area contributed by atoms with Crippen LogP contribution in [0.25, 0.3) is 33.4 Å². The van der Waals surface area contributed by atoms with Gasteiger partial charge in [0.05, 0.1) is 44.5 Å². The third-order valence-electron chi connectivity index (χ3n) is 10.0. The molecule has 0 spiro atoms. The molecule has 422 valence electrons. The number of carbonyl (C=O) groups is 8. The van der Waals surface area contributed by atoms with Crippen molar-refractivity contribution in [3.05, 3.63) is 266 Å². The monoisotopic (exact) mass is 1140 g/mol. The van der Waals surface area contributed by atoms with Gasteiger partial charge in [-0.05, 0) is 130 Å². The van der Waals surface area contributed by atoms with Crippen molar-refractivity contribution in [3.8, 4) is 33.4 Å². The third kappa shape index (κ3) is 22.7. The molecule has 10 aromatic heterocycles. The number of aromatic nitrogens is 10. The summed E-state index contributed by atoms with van der Waals surface area (Å²) in [5, 5.41) is 67.7. The van der Waals surface area contributed by atoms with Crippen LogP contribution >= 0.6 is 0 Å². The molecule has 0 saturated heterocycles. The second-order valence-electron chi connectivity index (χ2n) is 15.7. The first-order chi connectivity index (χ1) is 40.3. The summed E-state index contributed by atoms with van der Waals surface area (Å²) in [6.07, 6.45) is 30.2. The van der Waals surface area contributed by atoms with Crippen molar-refractivity contribution in [2.45, 2.75) is 0 Å². The Labute approximate surface area is 474 Å². The van der Waals surface area contributed by atoms with E-state index in [-0.39, 0.29) is 44.5 Å². The maximum Gasteiger partial charge on any atom is 0.337 e. The minimum Gasteiger partial charge on any atom is -0.478 e. The van der Waals surface area contributed by atoms with Gasteiger partial charge in [-0.2, -0.15) is 0 Å². The highest BCUT2D eigenvalue weighted by molar-refractivity contribution is 5.95. The molecular formula is C58H44N10O16. The fraction of sp³-hybridized carbons (Fsp3) is 0. The molecule has 10 heterocycles. The van der Waals surface area contributed by atoms with Gasteiger partial charge in [0, 0.05) is 124 Å². The number of pyridine rings is 10. The largest absolute Gasteiger partial charge is 0.478 e. The Hall–Kier alpha value is -12.7. The molecule has 84 heavy (non-hydrogen) atoms. The van der Waals surface area contributed by atoms with Crippen molar-refractivity contribution in [2.24, 2.45) is 0 Å². The molecule has 0 aliphatic rings. The van der Waals surface area contributed by atoms with Gasteiger partial charge in [-0.15, -0.1) is 0 Å². The first kappa shape index (κ1) is 63.8. The van der Waals surface area contributed by atoms with Crippen LogP contribution in [0.3, 0.4) is 0 Å². The average molecular weight is 1140 g/mol. The molecule has 0 aromatic carbocycles. The Kier molecular flexibility index (Phi) is 26.0. The van der Waals surface area contributed by atoms with E-state index in [1.807, 2.05) is 72.8 Å². The van der Waals surface area contributed by atoms with Gasteiger partial charge < -0.3 is 40.9 Å². The molecule has 0 unspecified atom stereocenters. The minimum atomic E-state index is -1.19. The minimum absolute atomic E-state index is 0.130. The summed E-state index contributed by atoms with van der Waals surface area (Å²) in [5.74, 6) is -9.51. The molecule has 0 bridgehead atoms. The Morgan fingerprint density at radius 3 is 0.393 bits per heavy atom. The SMILES string of the molecule is O=C(O)c1cncc(C(=O)O)c1.O=C(O)c1cncc(C(=O)O)c1.O=C(O)c1cncc(C(=O)O)c1.O=C(O)c1cncc(C(=O)O)c1.c1cc(-c2ccncc2)ccn1.c1cc(-c2ccncc2)ccn1.c1cc(-c2ccncc2)ccn1. The third-order valence-corrected chi connectivity index (χ3v) is 10.0. The van der Waals surface area contributed by atoms with E-state index in [9.17, 15) is 38.4 Å². The highest BCUT2D eigenvalue weighted by Crippen LogP contribution is 2.18. The number of carboxylic acid groups (broad SMARTS) is 8. The van der Waals surface area contributed by atoms with Crippen LogP contribution in [0.1, 0.15) is 82.9 Å². The topological polar surface area (TPSA) is 427 Å². The Balaban J connectivity index is 0.000000210. The fourth-order valence-corrected chi connectivity index (χ4v) is 5.96. The van der Waals surface area contributed by atoms with Crippen LogP contribution < -0.4 is 0 Å². The second kappa shape index (κ2) is 34.2. The highest BCUT2D eigenvalue weighted by Gasteiger charge is 2.11. The molecule has 0 aliphatic carbocycles. The van der Waals surface area contributed by atoms with E-state index in [1.54, 1.807) is 74.4 Å². The maximum absolute atomic E-state index is 10.3. The molecule has 0 fully saturated rings. The first-order valence-electron chi connectivity index (χ1n) is 23.4. The number of hydrogen-bond donors (Lipinski definition) is 8. The predicted molar refractivity (Wildman–Crippen MR) is 295 cm³/mol. The number of aromatic carboxylic acids is 8. The summed E-state index contributed by atoms with van der Waals surface area (Å²) in [7, 11) is 0. The van der Waals surface area contributed by atoms with E-state index < -0.39 is 47.8 Å². The van der Waals surface area contributed by atoms with Crippen LogP contribution in [0.15, 0.2) is 221 Å². The van der Waals surface area contributed by atoms with Crippen molar-refractivity contribution in [2.75, 3.05) is 0 Å². The molecular weight excluding hydrogens is 1090 g/mol. The predicted octanol–water partition coefficient (Wildman–Crippen LogP) is 8.34. The van der Waals surface area contributed by atoms with Gasteiger partial charge in [-0.25, -0.2) is 38.4 Å². The van der Waals surface area contributed by atoms with Crippen molar-refractivity contribution in [1.82, 2.24) is 49.8 Å². The number of carboxylic acids is 8. The van der Waals surface area contributed by atoms with Gasteiger partial charge in [0.15, 0.2) is 0 Å². The Morgan fingerprint density at radius 2 is 0.298 bits per heavy atom. The summed E-state index contributed by atoms with van der Waals surface area (Å²) in [4.78, 5) is 120. The van der Waals surface area contributed by atoms with E-state index in [1.165, 1.54) is 33.4 Å². The number of nitrogens with zero attached hydrogens (tertiary/aromatic N) is 10. The smallest absolute Gasteiger partial charge is 0.337 e. The van der Waals surface area contributed by atoms with E-state index in [0.29, 0.717) is 0 Å². The van der Waals surface area contributed by atoms with Gasteiger partial charge >= 0.3 is 47.8 Å². The normalized spacial score (nSPS) is 9.48. The van der Waals surface area contributed by atoms with Crippen LogP contribution in [0, 0.1) is 0 Å². The lowest BCUT2D eigenvalue weighted by Gasteiger charge is -1.97. The highest BCUT2D eigenvalue weighted by atomic mass is 16.4. The Bertz CT molecular complexity index is 3090. The standard InChI is InChI=1S/3C10H8N2.4C7H5NO4/c3*1-5-11-6-2-9(1)10-3-7-12-8-4-10;4*9-6(10)4-1-5(7(11)12)3-8-2-4/h3*1-8H;4*1-3H,(H,9,10)(H,11,12). The lowest BCUT2D eigenvalue weighted by Crippen LogP contribution is -2.02. The van der Waals surface area contributed by atoms with Gasteiger partial charge in [0.1, 0.15) is 0 Å². The molecule has 26 nitrogen and oxygen atoms in total. The van der Waals surface area contributed by atoms with Crippen LogP contribution in [-0.2, 0) is 0 Å². The quantitative estimate of drug-likeness (QED) is 0.0603. The molecule has 8 N–H and O–H groups in total. The molecule has 0 atom stereocenters. The molecule has 10 aromatic rings. The summed E-state index contributed by atoms with van der Waals surface area (Å²) in [6.45, 7) is 0. The number of rotatable bonds is 11. The molecule has 10 rings (SSSR count). The zero-order chi connectivity index (χ0) is 61.2. The molecule has 0 radical (unpaired) electrons. The molecule has 0 amide bonds. The zero-order valence-electron chi connectivity index (χ0n) is 43.1. The van der Waals surface area contributed by atoms with Crippen molar-refractivity contribution in [1.29, 1.82) is 0 Å². The summed E-state index contributed by atoms with van der Waals surface area (Å²) < 4.78 is 0. The van der Waals surface area contributed by atoms with E-state index in [4.69, 9.17) is 40.9 Å². The molecule has 0 saturated carbocycles. The van der Waals surface area contributed by atoms with Gasteiger partial charge in [-0.1, -0.05) is 0 Å². The van der Waals surface area contributed by atoms with Crippen LogP contribution in [0.5, 0.6) is 0 Å². The molecule has 0 aliphatic heterocycles. The first-order valence-corrected chi connectivity index (χ1v) is 23.4. The van der Waals surface area contributed by atoms with E-state index in [2.05, 4.69) is 49.8 Å². The van der Waals surface area contributed by atoms with Crippen LogP contribution in [0.2, 0.25) is 0 Å². The average Bonchev–Trinajstić information content (AvgIpc) is 3.55. The Morgan fingerprint density at radius 1 is 0.190 bits per heavy atom. The fourth-order valence-electron chi connectivity index (χ4n) is 5.96. The number of hydrogen-bond acceptors (Lipinski definition) is 18. The van der Waals surface area contributed by atoms with Gasteiger partial charge in [0.25, 0.3) is 0 Å². The van der Waals surface area contributed by atoms with Gasteiger partial charge in [0.2, 0.25) is 0 Å². The summed E-state index contributed by atoms with van der Waals surface area (Å²) in [5.41, 5.74) is 6.00. The van der Waals surface area contributed by atoms with Crippen molar-refractivity contribution < 1.29 is 79.2 Å². The zero-order valence-corrected chi connectivity index (χ0v) is 43.1. The van der Waals surface area contributed by atoms with Crippen molar-refractivity contribution >= 4 is 47.8 Å². The van der Waals surface area contributed by atoms with Crippen molar-refractivity contribution in [3.63, 3.8) is 0 Å². The molecule has 26 heteroatoms.